The molecule has 0 aliphatic carbocycles. The summed E-state index contributed by atoms with van der Waals surface area (Å²) < 4.78 is 11.1. The molecule has 20 heavy (non-hydrogen) atoms. The van der Waals surface area contributed by atoms with Gasteiger partial charge < -0.3 is 19.7 Å². The van der Waals surface area contributed by atoms with Gasteiger partial charge in [-0.1, -0.05) is 12.1 Å². The topological polar surface area (TPSA) is 79.2 Å². The van der Waals surface area contributed by atoms with E-state index in [1.54, 1.807) is 30.1 Å². The molecule has 0 bridgehead atoms. The standard InChI is InChI=1S/C14H19NO5/c1-3-19-11-6-4-5-9-13(18)10(8-20-14(9)11)15(2)7-12(16)17/h4-6,10,13,18H,3,7-8H2,1-2H3,(H,16,17). The van der Waals surface area contributed by atoms with Gasteiger partial charge in [-0.25, -0.2) is 0 Å². The highest BCUT2D eigenvalue weighted by Crippen LogP contribution is 2.40. The van der Waals surface area contributed by atoms with E-state index in [-0.39, 0.29) is 13.2 Å². The predicted octanol–water partition coefficient (Wildman–Crippen LogP) is 0.896. The van der Waals surface area contributed by atoms with Crippen molar-refractivity contribution in [3.05, 3.63) is 23.8 Å². The van der Waals surface area contributed by atoms with Gasteiger partial charge in [0.2, 0.25) is 0 Å². The molecule has 0 saturated carbocycles. The lowest BCUT2D eigenvalue weighted by Crippen LogP contribution is -2.45. The Hall–Kier alpha value is -1.79. The Kier molecular flexibility index (Phi) is 4.46. The summed E-state index contributed by atoms with van der Waals surface area (Å²) in [6, 6.07) is 4.95. The van der Waals surface area contributed by atoms with Crippen molar-refractivity contribution >= 4 is 5.97 Å². The maximum atomic E-state index is 10.8. The zero-order valence-corrected chi connectivity index (χ0v) is 11.6. The monoisotopic (exact) mass is 281 g/mol. The number of nitrogens with zero attached hydrogens (tertiary/aromatic N) is 1. The molecule has 2 atom stereocenters. The highest BCUT2D eigenvalue weighted by molar-refractivity contribution is 5.69. The van der Waals surface area contributed by atoms with Gasteiger partial charge in [0.1, 0.15) is 12.7 Å². The van der Waals surface area contributed by atoms with Crippen molar-refractivity contribution in [2.45, 2.75) is 19.1 Å². The van der Waals surface area contributed by atoms with Gasteiger partial charge in [-0.15, -0.1) is 0 Å². The van der Waals surface area contributed by atoms with Crippen LogP contribution in [0.15, 0.2) is 18.2 Å². The summed E-state index contributed by atoms with van der Waals surface area (Å²) in [6.45, 7) is 2.47. The van der Waals surface area contributed by atoms with E-state index >= 15 is 0 Å². The first-order valence-corrected chi connectivity index (χ1v) is 6.53. The molecule has 0 saturated heterocycles. The number of para-hydroxylation sites is 1. The van der Waals surface area contributed by atoms with Gasteiger partial charge in [0.25, 0.3) is 0 Å². The van der Waals surface area contributed by atoms with E-state index in [0.717, 1.165) is 0 Å². The van der Waals surface area contributed by atoms with Crippen molar-refractivity contribution in [3.63, 3.8) is 0 Å². The second-order valence-electron chi connectivity index (χ2n) is 4.74. The number of carboxylic acids is 1. The number of aliphatic hydroxyl groups excluding tert-OH is 1. The minimum atomic E-state index is -0.937. The van der Waals surface area contributed by atoms with E-state index in [1.807, 2.05) is 6.92 Å². The first-order valence-electron chi connectivity index (χ1n) is 6.53. The molecular formula is C14H19NO5. The summed E-state index contributed by atoms with van der Waals surface area (Å²) in [5.74, 6) is 0.207. The molecule has 0 aromatic heterocycles. The second-order valence-corrected chi connectivity index (χ2v) is 4.74. The first-order chi connectivity index (χ1) is 9.54. The number of likely N-dealkylation sites (N-methyl/N-ethyl adjacent to an activating group) is 1. The lowest BCUT2D eigenvalue weighted by molar-refractivity contribution is -0.139. The number of aliphatic hydroxyl groups is 1. The van der Waals surface area contributed by atoms with Crippen LogP contribution in [0, 0.1) is 0 Å². The number of benzene rings is 1. The van der Waals surface area contributed by atoms with Crippen LogP contribution in [0.3, 0.4) is 0 Å². The summed E-state index contributed by atoms with van der Waals surface area (Å²) in [5.41, 5.74) is 0.629. The van der Waals surface area contributed by atoms with E-state index in [1.165, 1.54) is 0 Å². The molecule has 110 valence electrons. The van der Waals surface area contributed by atoms with Crippen molar-refractivity contribution in [2.24, 2.45) is 0 Å². The number of carboxylic acid groups (broad SMARTS) is 1. The molecule has 2 unspecified atom stereocenters. The number of carbonyl (C=O) groups is 1. The summed E-state index contributed by atoms with van der Waals surface area (Å²) in [7, 11) is 1.66. The third-order valence-corrected chi connectivity index (χ3v) is 3.34. The van der Waals surface area contributed by atoms with E-state index in [4.69, 9.17) is 14.6 Å². The van der Waals surface area contributed by atoms with E-state index in [2.05, 4.69) is 0 Å². The van der Waals surface area contributed by atoms with Gasteiger partial charge >= 0.3 is 5.97 Å². The zero-order chi connectivity index (χ0) is 14.7. The quantitative estimate of drug-likeness (QED) is 0.834. The molecular weight excluding hydrogens is 262 g/mol. The molecule has 6 nitrogen and oxygen atoms in total. The minimum absolute atomic E-state index is 0.147. The molecule has 2 N–H and O–H groups in total. The lowest BCUT2D eigenvalue weighted by atomic mass is 9.97. The molecule has 0 spiro atoms. The molecule has 1 aromatic rings. The van der Waals surface area contributed by atoms with Crippen molar-refractivity contribution in [2.75, 3.05) is 26.8 Å². The second kappa shape index (κ2) is 6.11. The summed E-state index contributed by atoms with van der Waals surface area (Å²) in [5, 5.41) is 19.3. The summed E-state index contributed by atoms with van der Waals surface area (Å²) in [6.07, 6.45) is -0.802. The Bertz CT molecular complexity index is 490. The highest BCUT2D eigenvalue weighted by atomic mass is 16.5. The van der Waals surface area contributed by atoms with Gasteiger partial charge in [0, 0.05) is 5.56 Å². The van der Waals surface area contributed by atoms with Gasteiger partial charge in [0.05, 0.1) is 19.2 Å². The smallest absolute Gasteiger partial charge is 0.317 e. The molecule has 1 aliphatic rings. The normalized spacial score (nSPS) is 21.2. The van der Waals surface area contributed by atoms with Crippen LogP contribution in [0.5, 0.6) is 11.5 Å². The molecule has 1 aliphatic heterocycles. The van der Waals surface area contributed by atoms with Crippen LogP contribution in [0.1, 0.15) is 18.6 Å². The fraction of sp³-hybridized carbons (Fsp3) is 0.500. The molecule has 1 aromatic carbocycles. The van der Waals surface area contributed by atoms with Crippen molar-refractivity contribution in [1.82, 2.24) is 4.90 Å². The Morgan fingerprint density at radius 3 is 2.95 bits per heavy atom. The largest absolute Gasteiger partial charge is 0.490 e. The number of ether oxygens (including phenoxy) is 2. The molecule has 6 heteroatoms. The third-order valence-electron chi connectivity index (χ3n) is 3.34. The Morgan fingerprint density at radius 2 is 2.30 bits per heavy atom. The fourth-order valence-electron chi connectivity index (χ4n) is 2.36. The molecule has 0 fully saturated rings. The number of aliphatic carboxylic acids is 1. The average molecular weight is 281 g/mol. The number of fused-ring (bicyclic) bond motifs is 1. The Labute approximate surface area is 117 Å². The molecule has 0 amide bonds. The van der Waals surface area contributed by atoms with E-state index < -0.39 is 18.1 Å². The van der Waals surface area contributed by atoms with Crippen LogP contribution < -0.4 is 9.47 Å². The van der Waals surface area contributed by atoms with Crippen LogP contribution in [-0.4, -0.2) is 53.9 Å². The molecule has 0 radical (unpaired) electrons. The number of hydrogen-bond donors (Lipinski definition) is 2. The summed E-state index contributed by atoms with van der Waals surface area (Å²) >= 11 is 0. The fourth-order valence-corrected chi connectivity index (χ4v) is 2.36. The maximum Gasteiger partial charge on any atom is 0.317 e. The minimum Gasteiger partial charge on any atom is -0.490 e. The maximum absolute atomic E-state index is 10.8. The Morgan fingerprint density at radius 1 is 1.55 bits per heavy atom. The van der Waals surface area contributed by atoms with E-state index in [0.29, 0.717) is 23.7 Å². The van der Waals surface area contributed by atoms with Gasteiger partial charge in [0.15, 0.2) is 11.5 Å². The van der Waals surface area contributed by atoms with Gasteiger partial charge in [-0.05, 0) is 20.0 Å². The molecule has 2 rings (SSSR count). The highest BCUT2D eigenvalue weighted by Gasteiger charge is 2.34. The van der Waals surface area contributed by atoms with Crippen LogP contribution in [0.4, 0.5) is 0 Å². The van der Waals surface area contributed by atoms with Crippen LogP contribution in [0.2, 0.25) is 0 Å². The van der Waals surface area contributed by atoms with Crippen LogP contribution in [-0.2, 0) is 4.79 Å². The average Bonchev–Trinajstić information content (AvgIpc) is 2.39. The van der Waals surface area contributed by atoms with Gasteiger partial charge in [-0.3, -0.25) is 9.69 Å². The van der Waals surface area contributed by atoms with Crippen molar-refractivity contribution < 1.29 is 24.5 Å². The third kappa shape index (κ3) is 2.86. The molecule has 1 heterocycles. The van der Waals surface area contributed by atoms with E-state index in [9.17, 15) is 9.90 Å². The van der Waals surface area contributed by atoms with Crippen LogP contribution >= 0.6 is 0 Å². The first kappa shape index (κ1) is 14.6. The zero-order valence-electron chi connectivity index (χ0n) is 11.6. The van der Waals surface area contributed by atoms with Crippen molar-refractivity contribution in [1.29, 1.82) is 0 Å². The SMILES string of the molecule is CCOc1cccc2c1OCC(N(C)CC(=O)O)C2O. The van der Waals surface area contributed by atoms with Gasteiger partial charge in [-0.2, -0.15) is 0 Å². The van der Waals surface area contributed by atoms with Crippen molar-refractivity contribution in [3.8, 4) is 11.5 Å². The van der Waals surface area contributed by atoms with Crippen LogP contribution in [0.25, 0.3) is 0 Å². The number of hydrogen-bond acceptors (Lipinski definition) is 5. The summed E-state index contributed by atoms with van der Waals surface area (Å²) in [4.78, 5) is 12.3. The number of rotatable bonds is 5. The predicted molar refractivity (Wildman–Crippen MR) is 72.1 cm³/mol. The lowest BCUT2D eigenvalue weighted by Gasteiger charge is -2.36. The Balaban J connectivity index is 2.23.